The molecule has 0 amide bonds. The molecule has 1 aliphatic heterocycles. The Morgan fingerprint density at radius 2 is 1.50 bits per heavy atom. The molecule has 130 valence electrons. The van der Waals surface area contributed by atoms with Crippen LogP contribution < -0.4 is 5.32 Å². The van der Waals surface area contributed by atoms with Crippen LogP contribution in [-0.4, -0.2) is 27.4 Å². The smallest absolute Gasteiger partial charge is 0.157 e. The Morgan fingerprint density at radius 3 is 2.21 bits per heavy atom. The van der Waals surface area contributed by atoms with E-state index in [-0.39, 0.29) is 28.5 Å². The number of rotatable bonds is 5. The average Bonchev–Trinajstić information content (AvgIpc) is 2.98. The van der Waals surface area contributed by atoms with Crippen LogP contribution in [0.1, 0.15) is 30.4 Å². The van der Waals surface area contributed by atoms with Crippen LogP contribution in [0, 0.1) is 0 Å². The van der Waals surface area contributed by atoms with Crippen LogP contribution in [0.5, 0.6) is 17.2 Å². The third-order valence-corrected chi connectivity index (χ3v) is 4.57. The van der Waals surface area contributed by atoms with Crippen LogP contribution in [0.3, 0.4) is 0 Å². The number of hydrogen-bond acceptors (Lipinski definition) is 4. The number of halogens is 1. The highest BCUT2D eigenvalue weighted by Crippen LogP contribution is 2.27. The molecule has 0 aliphatic carbocycles. The molecule has 4 nitrogen and oxygen atoms in total. The standard InChI is InChI=1S/C19H23NO3.BrH/c21-17-8-2-13(3-9-17)1-5-15-6-7-16(20-15)11-14-4-10-18(22)19(23)12-14;/h2-4,8-10,12,15-16,20-23H,1,5-7,11H2;1H/t15-,16-;/m1./s1. The lowest BCUT2D eigenvalue weighted by Gasteiger charge is -2.15. The number of phenols is 3. The summed E-state index contributed by atoms with van der Waals surface area (Å²) >= 11 is 0. The van der Waals surface area contributed by atoms with Crippen molar-refractivity contribution in [3.05, 3.63) is 53.6 Å². The van der Waals surface area contributed by atoms with E-state index in [2.05, 4.69) is 5.32 Å². The molecule has 0 radical (unpaired) electrons. The fourth-order valence-electron chi connectivity index (χ4n) is 3.28. The maximum absolute atomic E-state index is 9.57. The zero-order valence-corrected chi connectivity index (χ0v) is 15.2. The molecule has 24 heavy (non-hydrogen) atoms. The van der Waals surface area contributed by atoms with Crippen LogP contribution in [0.15, 0.2) is 42.5 Å². The van der Waals surface area contributed by atoms with Gasteiger partial charge < -0.3 is 20.6 Å². The average molecular weight is 394 g/mol. The summed E-state index contributed by atoms with van der Waals surface area (Å²) < 4.78 is 0. The molecule has 2 atom stereocenters. The van der Waals surface area contributed by atoms with E-state index in [0.717, 1.165) is 37.7 Å². The molecular formula is C19H24BrNO3. The fourth-order valence-corrected chi connectivity index (χ4v) is 3.28. The van der Waals surface area contributed by atoms with E-state index in [1.807, 2.05) is 18.2 Å². The van der Waals surface area contributed by atoms with Crippen molar-refractivity contribution in [1.82, 2.24) is 5.32 Å². The van der Waals surface area contributed by atoms with E-state index >= 15 is 0 Å². The van der Waals surface area contributed by atoms with Crippen LogP contribution >= 0.6 is 17.0 Å². The zero-order valence-electron chi connectivity index (χ0n) is 13.5. The molecule has 0 bridgehead atoms. The van der Waals surface area contributed by atoms with Gasteiger partial charge in [-0.25, -0.2) is 0 Å². The molecule has 0 saturated carbocycles. The lowest BCUT2D eigenvalue weighted by molar-refractivity contribution is 0.402. The molecule has 4 N–H and O–H groups in total. The Balaban J connectivity index is 0.00000208. The number of phenolic OH excluding ortho intramolecular Hbond substituents is 3. The highest BCUT2D eigenvalue weighted by Gasteiger charge is 2.23. The molecular weight excluding hydrogens is 370 g/mol. The molecule has 2 aromatic carbocycles. The molecule has 0 aromatic heterocycles. The second kappa shape index (κ2) is 8.40. The fraction of sp³-hybridized carbons (Fsp3) is 0.368. The lowest BCUT2D eigenvalue weighted by atomic mass is 10.0. The van der Waals surface area contributed by atoms with Gasteiger partial charge in [0.2, 0.25) is 0 Å². The maximum Gasteiger partial charge on any atom is 0.157 e. The maximum atomic E-state index is 9.57. The minimum absolute atomic E-state index is 0. The van der Waals surface area contributed by atoms with Gasteiger partial charge in [-0.3, -0.25) is 0 Å². The summed E-state index contributed by atoms with van der Waals surface area (Å²) in [6.07, 6.45) is 5.24. The van der Waals surface area contributed by atoms with Gasteiger partial charge in [-0.1, -0.05) is 18.2 Å². The Hall–Kier alpha value is -1.72. The third kappa shape index (κ3) is 4.89. The topological polar surface area (TPSA) is 72.7 Å². The predicted molar refractivity (Wildman–Crippen MR) is 100 cm³/mol. The van der Waals surface area contributed by atoms with Crippen LogP contribution in [-0.2, 0) is 12.8 Å². The molecule has 1 fully saturated rings. The van der Waals surface area contributed by atoms with Crippen molar-refractivity contribution in [2.45, 2.75) is 44.2 Å². The monoisotopic (exact) mass is 393 g/mol. The predicted octanol–water partition coefficient (Wildman–Crippen LogP) is 3.68. The number of benzene rings is 2. The van der Waals surface area contributed by atoms with E-state index in [4.69, 9.17) is 0 Å². The molecule has 1 heterocycles. The largest absolute Gasteiger partial charge is 0.508 e. The van der Waals surface area contributed by atoms with Gasteiger partial charge in [0.05, 0.1) is 0 Å². The van der Waals surface area contributed by atoms with E-state index in [1.54, 1.807) is 24.3 Å². The molecule has 1 aliphatic rings. The Morgan fingerprint density at radius 1 is 0.833 bits per heavy atom. The van der Waals surface area contributed by atoms with E-state index in [1.165, 1.54) is 5.56 Å². The number of hydrogen-bond donors (Lipinski definition) is 4. The molecule has 5 heteroatoms. The minimum Gasteiger partial charge on any atom is -0.508 e. The molecule has 3 rings (SSSR count). The van der Waals surface area contributed by atoms with E-state index < -0.39 is 0 Å². The van der Waals surface area contributed by atoms with Crippen LogP contribution in [0.25, 0.3) is 0 Å². The summed E-state index contributed by atoms with van der Waals surface area (Å²) in [4.78, 5) is 0. The zero-order chi connectivity index (χ0) is 16.2. The van der Waals surface area contributed by atoms with E-state index in [9.17, 15) is 15.3 Å². The summed E-state index contributed by atoms with van der Waals surface area (Å²) in [5.41, 5.74) is 2.29. The van der Waals surface area contributed by atoms with Gasteiger partial charge in [0.1, 0.15) is 5.75 Å². The molecule has 0 spiro atoms. The van der Waals surface area contributed by atoms with Crippen molar-refractivity contribution in [2.75, 3.05) is 0 Å². The van der Waals surface area contributed by atoms with Crippen molar-refractivity contribution >= 4 is 17.0 Å². The second-order valence-electron chi connectivity index (χ2n) is 6.37. The first-order valence-corrected chi connectivity index (χ1v) is 8.15. The summed E-state index contributed by atoms with van der Waals surface area (Å²) in [5, 5.41) is 31.9. The number of aromatic hydroxyl groups is 3. The minimum atomic E-state index is -0.0695. The van der Waals surface area contributed by atoms with Gasteiger partial charge in [0.15, 0.2) is 11.5 Å². The normalized spacial score (nSPS) is 19.8. The van der Waals surface area contributed by atoms with Crippen molar-refractivity contribution in [3.8, 4) is 17.2 Å². The summed E-state index contributed by atoms with van der Waals surface area (Å²) in [6, 6.07) is 13.4. The summed E-state index contributed by atoms with van der Waals surface area (Å²) in [7, 11) is 0. The van der Waals surface area contributed by atoms with Gasteiger partial charge in [-0.2, -0.15) is 0 Å². The van der Waals surface area contributed by atoms with Gasteiger partial charge in [-0.05, 0) is 67.5 Å². The first kappa shape index (κ1) is 18.6. The first-order chi connectivity index (χ1) is 11.1. The molecule has 2 aromatic rings. The molecule has 1 saturated heterocycles. The van der Waals surface area contributed by atoms with Crippen LogP contribution in [0.4, 0.5) is 0 Å². The van der Waals surface area contributed by atoms with Crippen molar-refractivity contribution in [3.63, 3.8) is 0 Å². The Bertz CT molecular complexity index is 660. The summed E-state index contributed by atoms with van der Waals surface area (Å²) in [6.45, 7) is 0. The Labute approximate surface area is 152 Å². The van der Waals surface area contributed by atoms with Gasteiger partial charge in [0.25, 0.3) is 0 Å². The molecule has 0 unspecified atom stereocenters. The Kier molecular flexibility index (Phi) is 6.52. The van der Waals surface area contributed by atoms with Crippen molar-refractivity contribution < 1.29 is 15.3 Å². The highest BCUT2D eigenvalue weighted by molar-refractivity contribution is 8.93. The SMILES string of the molecule is Br.Oc1ccc(CC[C@@H]2CC[C@H](Cc3ccc(O)c(O)c3)N2)cc1. The number of aryl methyl sites for hydroxylation is 1. The lowest BCUT2D eigenvalue weighted by Crippen LogP contribution is -2.31. The first-order valence-electron chi connectivity index (χ1n) is 8.15. The number of nitrogens with one attached hydrogen (secondary N) is 1. The second-order valence-corrected chi connectivity index (χ2v) is 6.37. The summed E-state index contributed by atoms with van der Waals surface area (Å²) in [5.74, 6) is 0.189. The van der Waals surface area contributed by atoms with Gasteiger partial charge >= 0.3 is 0 Å². The van der Waals surface area contributed by atoms with Crippen molar-refractivity contribution in [1.29, 1.82) is 0 Å². The highest BCUT2D eigenvalue weighted by atomic mass is 79.9. The van der Waals surface area contributed by atoms with Gasteiger partial charge in [-0.15, -0.1) is 17.0 Å². The quantitative estimate of drug-likeness (QED) is 0.584. The third-order valence-electron chi connectivity index (χ3n) is 4.57. The van der Waals surface area contributed by atoms with Crippen LogP contribution in [0.2, 0.25) is 0 Å². The van der Waals surface area contributed by atoms with Crippen molar-refractivity contribution in [2.24, 2.45) is 0 Å². The van der Waals surface area contributed by atoms with Gasteiger partial charge in [0, 0.05) is 12.1 Å². The van der Waals surface area contributed by atoms with E-state index in [0.29, 0.717) is 17.8 Å².